The van der Waals surface area contributed by atoms with E-state index in [4.69, 9.17) is 0 Å². The number of fused-ring (bicyclic) bond motifs is 1. The molecule has 16 heteroatoms. The van der Waals surface area contributed by atoms with Crippen molar-refractivity contribution >= 4 is 44.5 Å². The number of nitrogens with zero attached hydrogens (tertiary/aromatic N) is 5. The van der Waals surface area contributed by atoms with E-state index < -0.39 is 27.6 Å². The van der Waals surface area contributed by atoms with Crippen molar-refractivity contribution < 1.29 is 26.8 Å². The van der Waals surface area contributed by atoms with Crippen LogP contribution in [-0.4, -0.2) is 96.2 Å². The van der Waals surface area contributed by atoms with Crippen molar-refractivity contribution in [2.24, 2.45) is 0 Å². The van der Waals surface area contributed by atoms with Crippen molar-refractivity contribution in [2.75, 3.05) is 56.0 Å². The quantitative estimate of drug-likeness (QED) is 0.206. The molecule has 1 unspecified atom stereocenters. The predicted octanol–water partition coefficient (Wildman–Crippen LogP) is 3.41. The molecule has 3 saturated heterocycles. The highest BCUT2D eigenvalue weighted by atomic mass is 32.2. The van der Waals surface area contributed by atoms with Crippen molar-refractivity contribution in [3.8, 4) is 0 Å². The number of aromatic amines is 1. The summed E-state index contributed by atoms with van der Waals surface area (Å²) in [4.78, 5) is 51.5. The Morgan fingerprint density at radius 2 is 1.62 bits per heavy atom. The van der Waals surface area contributed by atoms with Crippen molar-refractivity contribution in [2.45, 2.75) is 55.4 Å². The number of H-pyrrole nitrogens is 1. The van der Waals surface area contributed by atoms with E-state index in [0.717, 1.165) is 62.0 Å². The standard InChI is InChI=1S/C36H40F2N8O5S/c37-32(38)30-21-25-22-39-36(43-33(25)42-35(30)49)40-26-12-15-46(16-13-26)52(50,51)28-7-1-23(2-8-28)11-14-44-17-19-45(20-18-44)27-5-3-24(4-6-27)29-9-10-31(47)41-34(29)48/h1-8,21-22,26,29,32H,9-20H2,(H,41,47,48)(H2,39,40,42,43,49). The first-order chi connectivity index (χ1) is 25.0. The zero-order valence-electron chi connectivity index (χ0n) is 28.4. The third kappa shape index (κ3) is 7.83. The number of hydrogen-bond acceptors (Lipinski definition) is 10. The molecule has 4 aromatic rings. The maximum Gasteiger partial charge on any atom is 0.269 e. The van der Waals surface area contributed by atoms with Gasteiger partial charge in [-0.15, -0.1) is 0 Å². The summed E-state index contributed by atoms with van der Waals surface area (Å²) in [7, 11) is -3.68. The second-order valence-electron chi connectivity index (χ2n) is 13.5. The molecule has 52 heavy (non-hydrogen) atoms. The number of benzene rings is 2. The highest BCUT2D eigenvalue weighted by Crippen LogP contribution is 2.28. The van der Waals surface area contributed by atoms with Gasteiger partial charge in [-0.1, -0.05) is 24.3 Å². The molecular formula is C36H40F2N8O5S. The number of carbonyl (C=O) groups is 2. The minimum absolute atomic E-state index is 0.106. The van der Waals surface area contributed by atoms with E-state index in [1.165, 1.54) is 10.5 Å². The smallest absolute Gasteiger partial charge is 0.269 e. The number of hydrogen-bond donors (Lipinski definition) is 3. The van der Waals surface area contributed by atoms with Crippen molar-refractivity contribution in [1.82, 2.24) is 29.5 Å². The van der Waals surface area contributed by atoms with Gasteiger partial charge in [-0.3, -0.25) is 24.6 Å². The molecule has 0 spiro atoms. The number of nitrogens with one attached hydrogen (secondary N) is 3. The number of halogens is 2. The largest absolute Gasteiger partial charge is 0.369 e. The van der Waals surface area contributed by atoms with E-state index in [1.807, 2.05) is 36.4 Å². The summed E-state index contributed by atoms with van der Waals surface area (Å²) in [6.45, 7) is 5.04. The normalized spacial score (nSPS) is 19.7. The fourth-order valence-electron chi connectivity index (χ4n) is 7.09. The maximum absolute atomic E-state index is 13.4. The lowest BCUT2D eigenvalue weighted by atomic mass is 9.90. The molecular weight excluding hydrogens is 695 g/mol. The Labute approximate surface area is 299 Å². The van der Waals surface area contributed by atoms with E-state index in [0.29, 0.717) is 44.2 Å². The number of sulfonamides is 1. The molecule has 3 aliphatic rings. The summed E-state index contributed by atoms with van der Waals surface area (Å²) in [5, 5.41) is 5.89. The van der Waals surface area contributed by atoms with Gasteiger partial charge in [0.2, 0.25) is 27.8 Å². The summed E-state index contributed by atoms with van der Waals surface area (Å²) in [5.41, 5.74) is 1.71. The van der Waals surface area contributed by atoms with E-state index in [-0.39, 0.29) is 40.3 Å². The molecule has 2 aromatic carbocycles. The highest BCUT2D eigenvalue weighted by Gasteiger charge is 2.30. The summed E-state index contributed by atoms with van der Waals surface area (Å²) >= 11 is 0. The van der Waals surface area contributed by atoms with Crippen LogP contribution in [0.4, 0.5) is 20.4 Å². The average Bonchev–Trinajstić information content (AvgIpc) is 3.14. The number of aromatic nitrogens is 3. The van der Waals surface area contributed by atoms with Gasteiger partial charge in [0.15, 0.2) is 0 Å². The minimum Gasteiger partial charge on any atom is -0.369 e. The van der Waals surface area contributed by atoms with Crippen molar-refractivity contribution in [1.29, 1.82) is 0 Å². The number of amides is 2. The molecule has 274 valence electrons. The molecule has 0 aliphatic carbocycles. The Morgan fingerprint density at radius 1 is 0.904 bits per heavy atom. The molecule has 3 fully saturated rings. The minimum atomic E-state index is -3.68. The van der Waals surface area contributed by atoms with E-state index in [2.05, 4.69) is 35.4 Å². The van der Waals surface area contributed by atoms with E-state index in [9.17, 15) is 31.6 Å². The van der Waals surface area contributed by atoms with E-state index >= 15 is 0 Å². The lowest BCUT2D eigenvalue weighted by molar-refractivity contribution is -0.134. The Morgan fingerprint density at radius 3 is 2.29 bits per heavy atom. The number of alkyl halides is 2. The number of piperazine rings is 1. The van der Waals surface area contributed by atoms with Gasteiger partial charge in [-0.25, -0.2) is 22.2 Å². The van der Waals surface area contributed by atoms with Crippen molar-refractivity contribution in [3.63, 3.8) is 0 Å². The molecule has 5 heterocycles. The SMILES string of the molecule is O=C1CCC(c2ccc(N3CCN(CCc4ccc(S(=O)(=O)N5CCC(Nc6ncc7cc(C(F)F)c(=O)[nH]c7n6)CC5)cc4)CC3)cc2)C(=O)N1. The lowest BCUT2D eigenvalue weighted by Gasteiger charge is -2.36. The molecule has 2 amide bonds. The predicted molar refractivity (Wildman–Crippen MR) is 191 cm³/mol. The summed E-state index contributed by atoms with van der Waals surface area (Å²) in [6, 6.07) is 16.2. The summed E-state index contributed by atoms with van der Waals surface area (Å²) in [6.07, 6.45) is 1.19. The Kier molecular flexibility index (Phi) is 10.3. The molecule has 0 bridgehead atoms. The molecule has 3 aliphatic heterocycles. The molecule has 0 radical (unpaired) electrons. The van der Waals surface area contributed by atoms with Crippen LogP contribution in [0.2, 0.25) is 0 Å². The Bertz CT molecular complexity index is 2100. The zero-order valence-corrected chi connectivity index (χ0v) is 29.2. The van der Waals surface area contributed by atoms with Crippen LogP contribution in [-0.2, 0) is 26.0 Å². The number of anilines is 2. The lowest BCUT2D eigenvalue weighted by Crippen LogP contribution is -2.47. The van der Waals surface area contributed by atoms with Crippen LogP contribution in [0.3, 0.4) is 0 Å². The van der Waals surface area contributed by atoms with Gasteiger partial charge in [0.05, 0.1) is 16.4 Å². The summed E-state index contributed by atoms with van der Waals surface area (Å²) in [5.74, 6) is -0.498. The Balaban J connectivity index is 0.858. The third-order valence-electron chi connectivity index (χ3n) is 10.2. The third-order valence-corrected chi connectivity index (χ3v) is 12.1. The monoisotopic (exact) mass is 734 g/mol. The zero-order chi connectivity index (χ0) is 36.4. The van der Waals surface area contributed by atoms with Crippen molar-refractivity contribution in [3.05, 3.63) is 87.8 Å². The van der Waals surface area contributed by atoms with E-state index in [1.54, 1.807) is 12.1 Å². The topological polar surface area (TPSA) is 161 Å². The second-order valence-corrected chi connectivity index (χ2v) is 15.4. The van der Waals surface area contributed by atoms with Crippen LogP contribution in [0.25, 0.3) is 11.0 Å². The number of carbonyl (C=O) groups excluding carboxylic acids is 2. The Hall–Kier alpha value is -4.80. The first-order valence-electron chi connectivity index (χ1n) is 17.5. The van der Waals surface area contributed by atoms with Crippen LogP contribution in [0.5, 0.6) is 0 Å². The van der Waals surface area contributed by atoms with Gasteiger partial charge in [-0.05, 0) is 67.1 Å². The van der Waals surface area contributed by atoms with Crippen LogP contribution in [0.1, 0.15) is 54.7 Å². The number of piperidine rings is 2. The number of imide groups is 1. The van der Waals surface area contributed by atoms with Gasteiger partial charge in [-0.2, -0.15) is 9.29 Å². The van der Waals surface area contributed by atoms with Crippen LogP contribution >= 0.6 is 0 Å². The molecule has 3 N–H and O–H groups in total. The second kappa shape index (κ2) is 15.0. The van der Waals surface area contributed by atoms with Gasteiger partial charge in [0, 0.05) is 75.5 Å². The highest BCUT2D eigenvalue weighted by molar-refractivity contribution is 7.89. The van der Waals surface area contributed by atoms with Crippen LogP contribution < -0.4 is 21.1 Å². The van der Waals surface area contributed by atoms with Crippen LogP contribution in [0.15, 0.2) is 70.5 Å². The van der Waals surface area contributed by atoms with Crippen LogP contribution in [0, 0.1) is 0 Å². The number of rotatable bonds is 10. The average molecular weight is 735 g/mol. The number of pyridine rings is 1. The molecule has 13 nitrogen and oxygen atoms in total. The molecule has 0 saturated carbocycles. The molecule has 7 rings (SSSR count). The molecule has 2 aromatic heterocycles. The molecule has 1 atom stereocenters. The van der Waals surface area contributed by atoms with Gasteiger partial charge >= 0.3 is 0 Å². The summed E-state index contributed by atoms with van der Waals surface area (Å²) < 4.78 is 54.5. The fourth-order valence-corrected chi connectivity index (χ4v) is 8.56. The fraction of sp³-hybridized carbons (Fsp3) is 0.417. The van der Waals surface area contributed by atoms with Gasteiger partial charge in [0.25, 0.3) is 12.0 Å². The first-order valence-corrected chi connectivity index (χ1v) is 18.9. The maximum atomic E-state index is 13.4. The van der Waals surface area contributed by atoms with Gasteiger partial charge < -0.3 is 15.2 Å². The first kappa shape index (κ1) is 35.6. The van der Waals surface area contributed by atoms with Gasteiger partial charge in [0.1, 0.15) is 5.65 Å².